The Morgan fingerprint density at radius 3 is 2.68 bits per heavy atom. The fourth-order valence-corrected chi connectivity index (χ4v) is 3.64. The highest BCUT2D eigenvalue weighted by atomic mass is 16.5. The van der Waals surface area contributed by atoms with Crippen LogP contribution in [0.25, 0.3) is 6.08 Å². The summed E-state index contributed by atoms with van der Waals surface area (Å²) >= 11 is 0. The molecule has 34 heavy (non-hydrogen) atoms. The van der Waals surface area contributed by atoms with Crippen LogP contribution in [0.4, 0.5) is 11.4 Å². The van der Waals surface area contributed by atoms with Gasteiger partial charge in [0.15, 0.2) is 18.1 Å². The molecule has 0 saturated carbocycles. The molecule has 174 valence electrons. The molecule has 0 radical (unpaired) electrons. The first-order valence-corrected chi connectivity index (χ1v) is 11.0. The predicted molar refractivity (Wildman–Crippen MR) is 131 cm³/mol. The van der Waals surface area contributed by atoms with Crippen LogP contribution >= 0.6 is 0 Å². The average molecular weight is 459 g/mol. The number of amides is 2. The van der Waals surface area contributed by atoms with Crippen LogP contribution in [0.2, 0.25) is 0 Å². The van der Waals surface area contributed by atoms with Gasteiger partial charge in [0, 0.05) is 11.8 Å². The van der Waals surface area contributed by atoms with Gasteiger partial charge >= 0.3 is 0 Å². The molecule has 1 aliphatic heterocycles. The number of nitrogens with zero attached hydrogens (tertiary/aromatic N) is 1. The Hall–Kier alpha value is -4.26. The van der Waals surface area contributed by atoms with Gasteiger partial charge < -0.3 is 24.4 Å². The Morgan fingerprint density at radius 1 is 1.09 bits per heavy atom. The molecule has 0 spiro atoms. The van der Waals surface area contributed by atoms with Gasteiger partial charge in [-0.2, -0.15) is 0 Å². The first-order chi connectivity index (χ1) is 16.6. The summed E-state index contributed by atoms with van der Waals surface area (Å²) in [5, 5.41) is 2.85. The van der Waals surface area contributed by atoms with Gasteiger partial charge in [-0.3, -0.25) is 9.59 Å². The topological polar surface area (TPSA) is 77.1 Å². The van der Waals surface area contributed by atoms with Crippen LogP contribution < -0.4 is 24.4 Å². The van der Waals surface area contributed by atoms with Gasteiger partial charge in [0.1, 0.15) is 5.75 Å². The number of benzene rings is 3. The summed E-state index contributed by atoms with van der Waals surface area (Å²) in [6, 6.07) is 20.5. The summed E-state index contributed by atoms with van der Waals surface area (Å²) in [5.74, 6) is 1.42. The molecule has 4 rings (SSSR count). The van der Waals surface area contributed by atoms with Crippen molar-refractivity contribution < 1.29 is 23.8 Å². The second kappa shape index (κ2) is 10.6. The third-order valence-electron chi connectivity index (χ3n) is 5.27. The number of carbonyl (C=O) groups excluding carboxylic acids is 2. The van der Waals surface area contributed by atoms with Crippen molar-refractivity contribution in [3.05, 3.63) is 83.9 Å². The Balaban J connectivity index is 1.48. The molecular weight excluding hydrogens is 432 g/mol. The smallest absolute Gasteiger partial charge is 0.265 e. The minimum atomic E-state index is -0.300. The molecule has 0 bridgehead atoms. The summed E-state index contributed by atoms with van der Waals surface area (Å²) in [6.45, 7) is 2.85. The molecule has 1 N–H and O–H groups in total. The third kappa shape index (κ3) is 5.38. The van der Waals surface area contributed by atoms with E-state index >= 15 is 0 Å². The van der Waals surface area contributed by atoms with Gasteiger partial charge in [-0.05, 0) is 54.5 Å². The van der Waals surface area contributed by atoms with Crippen molar-refractivity contribution >= 4 is 29.3 Å². The summed E-state index contributed by atoms with van der Waals surface area (Å²) in [7, 11) is 1.57. The van der Waals surface area contributed by atoms with Crippen molar-refractivity contribution in [2.24, 2.45) is 0 Å². The zero-order valence-electron chi connectivity index (χ0n) is 19.1. The third-order valence-corrected chi connectivity index (χ3v) is 5.27. The molecule has 7 nitrogen and oxygen atoms in total. The first-order valence-electron chi connectivity index (χ1n) is 11.0. The molecule has 0 atom stereocenters. The highest BCUT2D eigenvalue weighted by Crippen LogP contribution is 2.35. The van der Waals surface area contributed by atoms with Gasteiger partial charge in [0.2, 0.25) is 5.91 Å². The summed E-state index contributed by atoms with van der Waals surface area (Å²) in [4.78, 5) is 26.8. The van der Waals surface area contributed by atoms with Crippen molar-refractivity contribution in [2.45, 2.75) is 13.5 Å². The highest BCUT2D eigenvalue weighted by Gasteiger charge is 2.26. The molecule has 0 aromatic heterocycles. The maximum absolute atomic E-state index is 12.6. The number of ether oxygens (including phenoxy) is 3. The number of nitrogens with one attached hydrogen (secondary N) is 1. The lowest BCUT2D eigenvalue weighted by atomic mass is 10.1. The Bertz CT molecular complexity index is 1210. The number of anilines is 2. The van der Waals surface area contributed by atoms with E-state index in [1.54, 1.807) is 42.4 Å². The molecule has 0 saturated heterocycles. The van der Waals surface area contributed by atoms with Gasteiger partial charge in [-0.15, -0.1) is 0 Å². The molecule has 1 aliphatic rings. The fraction of sp³-hybridized carbons (Fsp3) is 0.185. The Morgan fingerprint density at radius 2 is 1.91 bits per heavy atom. The van der Waals surface area contributed by atoms with Crippen molar-refractivity contribution in [3.63, 3.8) is 0 Å². The van der Waals surface area contributed by atoms with E-state index in [0.717, 1.165) is 11.1 Å². The summed E-state index contributed by atoms with van der Waals surface area (Å²) in [6.07, 6.45) is 3.14. The van der Waals surface area contributed by atoms with E-state index < -0.39 is 0 Å². The lowest BCUT2D eigenvalue weighted by molar-refractivity contribution is -0.121. The molecular formula is C27H26N2O5. The van der Waals surface area contributed by atoms with E-state index in [1.807, 2.05) is 49.4 Å². The number of fused-ring (bicyclic) bond motifs is 1. The number of hydrogen-bond donors (Lipinski definition) is 1. The highest BCUT2D eigenvalue weighted by molar-refractivity contribution is 6.03. The zero-order valence-corrected chi connectivity index (χ0v) is 19.1. The molecule has 3 aromatic carbocycles. The molecule has 0 fully saturated rings. The molecule has 1 heterocycles. The second-order valence-electron chi connectivity index (χ2n) is 7.60. The predicted octanol–water partition coefficient (Wildman–Crippen LogP) is 4.67. The van der Waals surface area contributed by atoms with Crippen LogP contribution in [0.3, 0.4) is 0 Å². The summed E-state index contributed by atoms with van der Waals surface area (Å²) < 4.78 is 16.4. The molecule has 0 unspecified atom stereocenters. The SMILES string of the molecule is CCOc1ccc(/C=C/C(=O)Nc2ccc3c(c2)N(Cc2ccccc2)C(=O)CO3)cc1OC. The van der Waals surface area contributed by atoms with Gasteiger partial charge in [0.05, 0.1) is 25.9 Å². The van der Waals surface area contributed by atoms with Crippen molar-refractivity contribution in [1.82, 2.24) is 0 Å². The van der Waals surface area contributed by atoms with Gasteiger partial charge in [-0.25, -0.2) is 0 Å². The van der Waals surface area contributed by atoms with E-state index in [0.29, 0.717) is 41.8 Å². The Labute approximate surface area is 198 Å². The standard InChI is InChI=1S/C27H26N2O5/c1-3-33-24-12-9-19(15-25(24)32-2)10-14-26(30)28-21-11-13-23-22(16-21)29(27(31)18-34-23)17-20-7-5-4-6-8-20/h4-16H,3,17-18H2,1-2H3,(H,28,30)/b14-10+. The van der Waals surface area contributed by atoms with E-state index in [1.165, 1.54) is 6.08 Å². The minimum Gasteiger partial charge on any atom is -0.493 e. The van der Waals surface area contributed by atoms with Crippen LogP contribution in [0.15, 0.2) is 72.8 Å². The summed E-state index contributed by atoms with van der Waals surface area (Å²) in [5.41, 5.74) is 2.99. The van der Waals surface area contributed by atoms with Gasteiger partial charge in [0.25, 0.3) is 5.91 Å². The van der Waals surface area contributed by atoms with Crippen LogP contribution in [0, 0.1) is 0 Å². The zero-order chi connectivity index (χ0) is 23.9. The maximum atomic E-state index is 12.6. The number of rotatable bonds is 8. The van der Waals surface area contributed by atoms with Crippen LogP contribution in [-0.2, 0) is 16.1 Å². The van der Waals surface area contributed by atoms with Crippen LogP contribution in [-0.4, -0.2) is 32.1 Å². The normalized spacial score (nSPS) is 12.8. The van der Waals surface area contributed by atoms with E-state index in [4.69, 9.17) is 14.2 Å². The molecule has 0 aliphatic carbocycles. The maximum Gasteiger partial charge on any atom is 0.265 e. The quantitative estimate of drug-likeness (QED) is 0.497. The van der Waals surface area contributed by atoms with Crippen molar-refractivity contribution in [3.8, 4) is 17.2 Å². The molecule has 3 aromatic rings. The fourth-order valence-electron chi connectivity index (χ4n) is 3.64. The Kier molecular flexibility index (Phi) is 7.13. The van der Waals surface area contributed by atoms with E-state index in [9.17, 15) is 9.59 Å². The van der Waals surface area contributed by atoms with Crippen LogP contribution in [0.1, 0.15) is 18.1 Å². The number of hydrogen-bond acceptors (Lipinski definition) is 5. The van der Waals surface area contributed by atoms with Gasteiger partial charge in [-0.1, -0.05) is 36.4 Å². The largest absolute Gasteiger partial charge is 0.493 e. The second-order valence-corrected chi connectivity index (χ2v) is 7.60. The van der Waals surface area contributed by atoms with Crippen molar-refractivity contribution in [2.75, 3.05) is 30.5 Å². The van der Waals surface area contributed by atoms with Crippen molar-refractivity contribution in [1.29, 1.82) is 0 Å². The van der Waals surface area contributed by atoms with E-state index in [2.05, 4.69) is 5.32 Å². The van der Waals surface area contributed by atoms with Crippen LogP contribution in [0.5, 0.6) is 17.2 Å². The number of methoxy groups -OCH3 is 1. The average Bonchev–Trinajstić information content (AvgIpc) is 2.86. The lowest BCUT2D eigenvalue weighted by Crippen LogP contribution is -2.38. The minimum absolute atomic E-state index is 0.0141. The molecule has 7 heteroatoms. The van der Waals surface area contributed by atoms with E-state index in [-0.39, 0.29) is 18.4 Å². The molecule has 2 amide bonds. The first kappa shape index (κ1) is 22.9. The number of carbonyl (C=O) groups is 2. The lowest BCUT2D eigenvalue weighted by Gasteiger charge is -2.30. The monoisotopic (exact) mass is 458 g/mol.